The third kappa shape index (κ3) is 2.12. The van der Waals surface area contributed by atoms with Crippen molar-refractivity contribution >= 4 is 21.5 Å². The number of phenols is 2. The van der Waals surface area contributed by atoms with Gasteiger partial charge in [-0.1, -0.05) is 12.1 Å². The molecule has 26 heavy (non-hydrogen) atoms. The molecule has 0 atom stereocenters. The second kappa shape index (κ2) is 5.35. The molecule has 0 aliphatic heterocycles. The Bertz CT molecular complexity index is 1430. The van der Waals surface area contributed by atoms with Crippen molar-refractivity contribution in [3.05, 3.63) is 89.4 Å². The summed E-state index contributed by atoms with van der Waals surface area (Å²) in [5.41, 5.74) is -3.52. The number of aromatic hydroxyl groups is 2. The molecule has 0 heterocycles. The average Bonchev–Trinajstić information content (AvgIpc) is 2.67. The summed E-state index contributed by atoms with van der Waals surface area (Å²) < 4.78 is 0. The maximum absolute atomic E-state index is 12.1. The first kappa shape index (κ1) is 15.7. The monoisotopic (exact) mass is 346 g/mol. The van der Waals surface area contributed by atoms with Crippen molar-refractivity contribution in [2.75, 3.05) is 0 Å². The van der Waals surface area contributed by atoms with Crippen LogP contribution in [-0.4, -0.2) is 10.2 Å². The predicted molar refractivity (Wildman–Crippen MR) is 97.7 cm³/mol. The maximum atomic E-state index is 12.1. The van der Waals surface area contributed by atoms with Crippen molar-refractivity contribution in [1.29, 1.82) is 0 Å². The van der Waals surface area contributed by atoms with E-state index in [1.807, 2.05) is 0 Å². The number of rotatable bonds is 1. The van der Waals surface area contributed by atoms with Gasteiger partial charge in [-0.3, -0.25) is 19.2 Å². The summed E-state index contributed by atoms with van der Waals surface area (Å²) in [6.07, 6.45) is 0. The Morgan fingerprint density at radius 2 is 0.923 bits per heavy atom. The van der Waals surface area contributed by atoms with Gasteiger partial charge in [0.1, 0.15) is 11.5 Å². The zero-order valence-electron chi connectivity index (χ0n) is 13.1. The summed E-state index contributed by atoms with van der Waals surface area (Å²) in [6, 6.07) is 11.9. The van der Waals surface area contributed by atoms with E-state index >= 15 is 0 Å². The average molecular weight is 346 g/mol. The molecule has 0 aromatic heterocycles. The predicted octanol–water partition coefficient (Wildman–Crippen LogP) is 1.39. The van der Waals surface area contributed by atoms with Crippen LogP contribution >= 0.6 is 0 Å². The molecule has 126 valence electrons. The molecule has 4 rings (SSSR count). The summed E-state index contributed by atoms with van der Waals surface area (Å²) in [5, 5.41) is 20.5. The normalized spacial score (nSPS) is 11.2. The summed E-state index contributed by atoms with van der Waals surface area (Å²) in [6.45, 7) is 0. The molecule has 0 fully saturated rings. The summed E-state index contributed by atoms with van der Waals surface area (Å²) in [5.74, 6) is -0.00990. The smallest absolute Gasteiger partial charge is 0.277 e. The Labute approximate surface area is 144 Å². The molecule has 0 bridgehead atoms. The highest BCUT2D eigenvalue weighted by Gasteiger charge is 2.14. The Hall–Kier alpha value is -3.80. The van der Waals surface area contributed by atoms with E-state index in [4.69, 9.17) is 0 Å². The largest absolute Gasteiger partial charge is 0.507 e. The first-order chi connectivity index (χ1) is 12.4. The minimum atomic E-state index is -1.33. The number of hydrogen-bond donors (Lipinski definition) is 2. The molecule has 0 amide bonds. The fraction of sp³-hybridized carbons (Fsp3) is 0. The molecule has 4 aromatic rings. The summed E-state index contributed by atoms with van der Waals surface area (Å²) in [7, 11) is 0. The van der Waals surface area contributed by atoms with Crippen molar-refractivity contribution in [3.63, 3.8) is 0 Å². The molecule has 0 aliphatic rings. The Morgan fingerprint density at radius 1 is 0.462 bits per heavy atom. The fourth-order valence-corrected chi connectivity index (χ4v) is 3.06. The molecule has 0 unspecified atom stereocenters. The molecule has 0 saturated carbocycles. The summed E-state index contributed by atoms with van der Waals surface area (Å²) in [4.78, 5) is 47.1. The van der Waals surface area contributed by atoms with E-state index in [0.29, 0.717) is 21.9 Å². The van der Waals surface area contributed by atoms with E-state index < -0.39 is 21.7 Å². The molecule has 6 heteroatoms. The fourth-order valence-electron chi connectivity index (χ4n) is 3.06. The van der Waals surface area contributed by atoms with Crippen LogP contribution in [0.1, 0.15) is 0 Å². The quantitative estimate of drug-likeness (QED) is 0.398. The third-order valence-corrected chi connectivity index (χ3v) is 4.43. The van der Waals surface area contributed by atoms with Crippen LogP contribution < -0.4 is 21.7 Å². The SMILES string of the molecule is O=c1c(=O)c(=O)c2cc(-c3ccc4c(O)ccc(O)c4c3)ccc2c1=O. The number of benzene rings is 4. The van der Waals surface area contributed by atoms with Crippen molar-refractivity contribution in [2.45, 2.75) is 0 Å². The lowest BCUT2D eigenvalue weighted by Crippen LogP contribution is -2.46. The van der Waals surface area contributed by atoms with Gasteiger partial charge in [0.15, 0.2) is 0 Å². The molecule has 2 N–H and O–H groups in total. The van der Waals surface area contributed by atoms with Gasteiger partial charge in [-0.05, 0) is 47.5 Å². The van der Waals surface area contributed by atoms with E-state index in [0.717, 1.165) is 0 Å². The zero-order valence-corrected chi connectivity index (χ0v) is 13.1. The highest BCUT2D eigenvalue weighted by molar-refractivity contribution is 5.96. The first-order valence-corrected chi connectivity index (χ1v) is 7.65. The van der Waals surface area contributed by atoms with Crippen molar-refractivity contribution in [2.24, 2.45) is 0 Å². The number of phenolic OH excluding ortho intramolecular Hbond substituents is 2. The Balaban J connectivity index is 2.04. The number of fused-ring (bicyclic) bond motifs is 2. The molecule has 0 saturated heterocycles. The van der Waals surface area contributed by atoms with Gasteiger partial charge < -0.3 is 10.2 Å². The molecule has 0 spiro atoms. The molecule has 0 radical (unpaired) electrons. The molecule has 6 nitrogen and oxygen atoms in total. The highest BCUT2D eigenvalue weighted by atomic mass is 16.3. The van der Waals surface area contributed by atoms with Crippen LogP contribution in [0.4, 0.5) is 0 Å². The van der Waals surface area contributed by atoms with E-state index in [2.05, 4.69) is 0 Å². The van der Waals surface area contributed by atoms with Gasteiger partial charge in [0, 0.05) is 21.5 Å². The van der Waals surface area contributed by atoms with Crippen LogP contribution in [0.25, 0.3) is 32.7 Å². The van der Waals surface area contributed by atoms with Crippen LogP contribution in [0.5, 0.6) is 11.5 Å². The third-order valence-electron chi connectivity index (χ3n) is 4.43. The lowest BCUT2D eigenvalue weighted by Gasteiger charge is -2.08. The minimum Gasteiger partial charge on any atom is -0.507 e. The van der Waals surface area contributed by atoms with Crippen LogP contribution in [0.15, 0.2) is 67.7 Å². The van der Waals surface area contributed by atoms with Gasteiger partial charge in [0.25, 0.3) is 10.9 Å². The standard InChI is InChI=1S/C20H10O6/c21-15-5-6-16(22)13-7-9(1-3-11(13)15)10-2-4-12-14(8-10)18(24)20(26)19(25)17(12)23/h1-8,21-22H. The van der Waals surface area contributed by atoms with E-state index in [1.54, 1.807) is 24.3 Å². The van der Waals surface area contributed by atoms with Gasteiger partial charge in [0.05, 0.1) is 0 Å². The Kier molecular flexibility index (Phi) is 3.23. The van der Waals surface area contributed by atoms with Crippen molar-refractivity contribution < 1.29 is 10.2 Å². The topological polar surface area (TPSA) is 109 Å². The summed E-state index contributed by atoms with van der Waals surface area (Å²) >= 11 is 0. The molecule has 4 aromatic carbocycles. The van der Waals surface area contributed by atoms with Gasteiger partial charge in [0.2, 0.25) is 10.9 Å². The van der Waals surface area contributed by atoms with Crippen LogP contribution in [0, 0.1) is 0 Å². The highest BCUT2D eigenvalue weighted by Crippen LogP contribution is 2.35. The number of hydrogen-bond acceptors (Lipinski definition) is 6. The Morgan fingerprint density at radius 3 is 1.54 bits per heavy atom. The zero-order chi connectivity index (χ0) is 18.6. The van der Waals surface area contributed by atoms with E-state index in [9.17, 15) is 29.4 Å². The van der Waals surface area contributed by atoms with Crippen molar-refractivity contribution in [3.8, 4) is 22.6 Å². The maximum Gasteiger partial charge on any atom is 0.277 e. The lowest BCUT2D eigenvalue weighted by atomic mass is 9.97. The van der Waals surface area contributed by atoms with E-state index in [-0.39, 0.29) is 22.3 Å². The van der Waals surface area contributed by atoms with Crippen LogP contribution in [-0.2, 0) is 0 Å². The van der Waals surface area contributed by atoms with Crippen LogP contribution in [0.3, 0.4) is 0 Å². The minimum absolute atomic E-state index is 0.0136. The second-order valence-electron chi connectivity index (χ2n) is 5.94. The van der Waals surface area contributed by atoms with Crippen LogP contribution in [0.2, 0.25) is 0 Å². The molecule has 0 aliphatic carbocycles. The molecular formula is C20H10O6. The first-order valence-electron chi connectivity index (χ1n) is 7.65. The molecular weight excluding hydrogens is 336 g/mol. The second-order valence-corrected chi connectivity index (χ2v) is 5.94. The van der Waals surface area contributed by atoms with Gasteiger partial charge >= 0.3 is 0 Å². The van der Waals surface area contributed by atoms with Gasteiger partial charge in [-0.25, -0.2) is 0 Å². The lowest BCUT2D eigenvalue weighted by molar-refractivity contribution is 0.469. The van der Waals surface area contributed by atoms with Gasteiger partial charge in [-0.2, -0.15) is 0 Å². The van der Waals surface area contributed by atoms with E-state index in [1.165, 1.54) is 24.3 Å². The van der Waals surface area contributed by atoms with Gasteiger partial charge in [-0.15, -0.1) is 0 Å². The van der Waals surface area contributed by atoms with Crippen molar-refractivity contribution in [1.82, 2.24) is 0 Å².